The Bertz CT molecular complexity index is 1020. The molecule has 7 heteroatoms. The number of rotatable bonds is 5. The summed E-state index contributed by atoms with van der Waals surface area (Å²) in [5, 5.41) is 0. The number of ketones is 1. The van der Waals surface area contributed by atoms with E-state index in [1.54, 1.807) is 42.5 Å². The summed E-state index contributed by atoms with van der Waals surface area (Å²) < 4.78 is 39.4. The molecule has 0 saturated carbocycles. The molecule has 1 unspecified atom stereocenters. The Labute approximate surface area is 171 Å². The van der Waals surface area contributed by atoms with E-state index in [2.05, 4.69) is 13.8 Å². The number of nitrogens with zero attached hydrogens (tertiary/aromatic N) is 1. The average Bonchev–Trinajstić information content (AvgIpc) is 3.10. The monoisotopic (exact) mass is 415 g/mol. The van der Waals surface area contributed by atoms with Crippen LogP contribution < -0.4 is 9.47 Å². The summed E-state index contributed by atoms with van der Waals surface area (Å²) in [6.45, 7) is 5.18. The fraction of sp³-hybridized carbons (Fsp3) is 0.409. The molecule has 0 bridgehead atoms. The Hall–Kier alpha value is -2.38. The first-order valence-corrected chi connectivity index (χ1v) is 11.3. The van der Waals surface area contributed by atoms with E-state index < -0.39 is 15.6 Å². The number of hydrogen-bond acceptors (Lipinski definition) is 5. The van der Waals surface area contributed by atoms with Gasteiger partial charge in [0.1, 0.15) is 17.1 Å². The molecule has 0 aliphatic carbocycles. The third-order valence-electron chi connectivity index (χ3n) is 5.32. The van der Waals surface area contributed by atoms with Crippen LogP contribution in [0.1, 0.15) is 37.0 Å². The summed E-state index contributed by atoms with van der Waals surface area (Å²) in [5.41, 5.74) is -0.227. The van der Waals surface area contributed by atoms with Gasteiger partial charge in [-0.15, -0.1) is 0 Å². The third kappa shape index (κ3) is 3.89. The van der Waals surface area contributed by atoms with Crippen molar-refractivity contribution in [3.8, 4) is 11.5 Å². The van der Waals surface area contributed by atoms with Gasteiger partial charge >= 0.3 is 0 Å². The van der Waals surface area contributed by atoms with Gasteiger partial charge in [-0.1, -0.05) is 26.0 Å². The number of ether oxygens (including phenoxy) is 2. The number of sulfonamides is 1. The van der Waals surface area contributed by atoms with E-state index in [0.717, 1.165) is 0 Å². The van der Waals surface area contributed by atoms with Gasteiger partial charge in [0.05, 0.1) is 30.0 Å². The number of fused-ring (bicyclic) bond motifs is 1. The van der Waals surface area contributed by atoms with Crippen LogP contribution in [0.15, 0.2) is 53.4 Å². The van der Waals surface area contributed by atoms with Gasteiger partial charge in [-0.25, -0.2) is 8.42 Å². The summed E-state index contributed by atoms with van der Waals surface area (Å²) >= 11 is 0. The van der Waals surface area contributed by atoms with Gasteiger partial charge < -0.3 is 9.47 Å². The molecule has 154 valence electrons. The zero-order valence-corrected chi connectivity index (χ0v) is 17.4. The molecule has 2 aromatic rings. The highest BCUT2D eigenvalue weighted by Crippen LogP contribution is 2.40. The summed E-state index contributed by atoms with van der Waals surface area (Å²) in [6, 6.07) is 13.6. The summed E-state index contributed by atoms with van der Waals surface area (Å²) in [5.74, 6) is 1.57. The maximum absolute atomic E-state index is 13.1. The van der Waals surface area contributed by atoms with Crippen molar-refractivity contribution >= 4 is 15.8 Å². The Morgan fingerprint density at radius 2 is 1.86 bits per heavy atom. The quantitative estimate of drug-likeness (QED) is 0.747. The molecular formula is C22H25NO5S. The molecule has 0 amide bonds. The van der Waals surface area contributed by atoms with Crippen molar-refractivity contribution in [2.24, 2.45) is 5.92 Å². The van der Waals surface area contributed by atoms with Crippen molar-refractivity contribution in [3.63, 3.8) is 0 Å². The Morgan fingerprint density at radius 3 is 2.59 bits per heavy atom. The first-order chi connectivity index (χ1) is 13.8. The van der Waals surface area contributed by atoms with Crippen LogP contribution in [0.3, 0.4) is 0 Å². The average molecular weight is 416 g/mol. The van der Waals surface area contributed by atoms with Gasteiger partial charge in [-0.2, -0.15) is 4.31 Å². The molecule has 2 heterocycles. The van der Waals surface area contributed by atoms with Crippen LogP contribution in [0.4, 0.5) is 0 Å². The minimum atomic E-state index is -3.67. The Morgan fingerprint density at radius 1 is 1.14 bits per heavy atom. The van der Waals surface area contributed by atoms with E-state index in [1.165, 1.54) is 4.31 Å². The second kappa shape index (κ2) is 7.46. The van der Waals surface area contributed by atoms with Crippen molar-refractivity contribution in [1.29, 1.82) is 0 Å². The molecule has 4 rings (SSSR count). The predicted molar refractivity (Wildman–Crippen MR) is 109 cm³/mol. The molecule has 2 aromatic carbocycles. The molecular weight excluding hydrogens is 390 g/mol. The van der Waals surface area contributed by atoms with E-state index in [1.807, 2.05) is 6.07 Å². The first-order valence-electron chi connectivity index (χ1n) is 9.83. The highest BCUT2D eigenvalue weighted by atomic mass is 32.2. The molecule has 2 aliphatic rings. The minimum Gasteiger partial charge on any atom is -0.493 e. The molecule has 0 aromatic heterocycles. The van der Waals surface area contributed by atoms with E-state index in [9.17, 15) is 13.2 Å². The van der Waals surface area contributed by atoms with Crippen LogP contribution in [0.2, 0.25) is 0 Å². The van der Waals surface area contributed by atoms with E-state index in [-0.39, 0.29) is 23.6 Å². The predicted octanol–water partition coefficient (Wildman–Crippen LogP) is 3.52. The van der Waals surface area contributed by atoms with Crippen LogP contribution in [0, 0.1) is 5.92 Å². The Balaban J connectivity index is 1.51. The number of carbonyl (C=O) groups is 1. The van der Waals surface area contributed by atoms with E-state index in [0.29, 0.717) is 42.6 Å². The van der Waals surface area contributed by atoms with Crippen molar-refractivity contribution in [2.75, 3.05) is 19.7 Å². The summed E-state index contributed by atoms with van der Waals surface area (Å²) in [7, 11) is -3.67. The van der Waals surface area contributed by atoms with E-state index in [4.69, 9.17) is 9.47 Å². The Kier molecular flexibility index (Phi) is 5.12. The van der Waals surface area contributed by atoms with Gasteiger partial charge in [0.15, 0.2) is 5.78 Å². The molecule has 0 N–H and O–H groups in total. The lowest BCUT2D eigenvalue weighted by molar-refractivity contribution is 0.0498. The van der Waals surface area contributed by atoms with Crippen LogP contribution in [0.5, 0.6) is 11.5 Å². The number of hydrogen-bond donors (Lipinski definition) is 0. The number of para-hydroxylation sites is 1. The van der Waals surface area contributed by atoms with Gasteiger partial charge in [-0.05, 0) is 42.3 Å². The van der Waals surface area contributed by atoms with Crippen molar-refractivity contribution in [2.45, 2.75) is 37.2 Å². The maximum Gasteiger partial charge on any atom is 0.243 e. The van der Waals surface area contributed by atoms with Gasteiger partial charge in [0, 0.05) is 13.0 Å². The second-order valence-electron chi connectivity index (χ2n) is 8.15. The van der Waals surface area contributed by atoms with Gasteiger partial charge in [0.25, 0.3) is 0 Å². The topological polar surface area (TPSA) is 72.9 Å². The molecule has 1 fully saturated rings. The lowest BCUT2D eigenvalue weighted by atomic mass is 9.89. The number of Topliss-reactive ketones (excluding diaryl/α,β-unsaturated/α-hetero) is 1. The highest BCUT2D eigenvalue weighted by Gasteiger charge is 2.48. The molecule has 6 nitrogen and oxygen atoms in total. The van der Waals surface area contributed by atoms with Gasteiger partial charge in [0.2, 0.25) is 10.0 Å². The van der Waals surface area contributed by atoms with Crippen molar-refractivity contribution in [3.05, 3.63) is 54.1 Å². The van der Waals surface area contributed by atoms with Crippen molar-refractivity contribution in [1.82, 2.24) is 4.31 Å². The van der Waals surface area contributed by atoms with Crippen LogP contribution in [-0.4, -0.2) is 43.8 Å². The van der Waals surface area contributed by atoms with Gasteiger partial charge in [-0.3, -0.25) is 4.79 Å². The SMILES string of the molecule is CC(C)COc1ccc(S(=O)(=O)N2CCC3(CC(=O)c4ccccc4O3)C2)cc1. The zero-order valence-electron chi connectivity index (χ0n) is 16.6. The maximum atomic E-state index is 13.1. The zero-order chi connectivity index (χ0) is 20.6. The smallest absolute Gasteiger partial charge is 0.243 e. The number of benzene rings is 2. The second-order valence-corrected chi connectivity index (χ2v) is 10.1. The fourth-order valence-corrected chi connectivity index (χ4v) is 5.32. The lowest BCUT2D eigenvalue weighted by Gasteiger charge is -2.34. The molecule has 1 spiro atoms. The van der Waals surface area contributed by atoms with E-state index >= 15 is 0 Å². The largest absolute Gasteiger partial charge is 0.493 e. The lowest BCUT2D eigenvalue weighted by Crippen LogP contribution is -2.45. The number of carbonyl (C=O) groups excluding carboxylic acids is 1. The van der Waals surface area contributed by atoms with Crippen LogP contribution in [0.25, 0.3) is 0 Å². The molecule has 0 radical (unpaired) electrons. The highest BCUT2D eigenvalue weighted by molar-refractivity contribution is 7.89. The molecule has 1 saturated heterocycles. The van der Waals surface area contributed by atoms with Crippen LogP contribution in [-0.2, 0) is 10.0 Å². The summed E-state index contributed by atoms with van der Waals surface area (Å²) in [6.07, 6.45) is 0.680. The standard InChI is InChI=1S/C22H25NO5S/c1-16(2)14-27-17-7-9-18(10-8-17)29(25,26)23-12-11-22(15-23)13-20(24)19-5-3-4-6-21(19)28-22/h3-10,16H,11-15H2,1-2H3. The summed E-state index contributed by atoms with van der Waals surface area (Å²) in [4.78, 5) is 12.8. The minimum absolute atomic E-state index is 0.00208. The third-order valence-corrected chi connectivity index (χ3v) is 7.18. The molecule has 1 atom stereocenters. The normalized spacial score (nSPS) is 22.0. The van der Waals surface area contributed by atoms with Crippen molar-refractivity contribution < 1.29 is 22.7 Å². The fourth-order valence-electron chi connectivity index (χ4n) is 3.80. The molecule has 2 aliphatic heterocycles. The molecule has 29 heavy (non-hydrogen) atoms. The van der Waals surface area contributed by atoms with Crippen LogP contribution >= 0.6 is 0 Å². The first kappa shape index (κ1) is 19.9.